The smallest absolute Gasteiger partial charge is 0.309 e. The van der Waals surface area contributed by atoms with Crippen LogP contribution in [-0.2, 0) is 23.0 Å². The van der Waals surface area contributed by atoms with E-state index in [9.17, 15) is 27.1 Å². The van der Waals surface area contributed by atoms with Gasteiger partial charge >= 0.3 is 6.01 Å². The monoisotopic (exact) mass is 552 g/mol. The molecule has 10 nitrogen and oxygen atoms in total. The quantitative estimate of drug-likeness (QED) is 0.239. The largest absolute Gasteiger partial charge is 0.497 e. The van der Waals surface area contributed by atoms with Crippen LogP contribution in [0.25, 0.3) is 0 Å². The lowest BCUT2D eigenvalue weighted by atomic mass is 10.0. The molecule has 3 rings (SSSR count). The number of sulfonamides is 1. The predicted octanol–water partition coefficient (Wildman–Crippen LogP) is 2.60. The first-order valence-corrected chi connectivity index (χ1v) is 13.5. The summed E-state index contributed by atoms with van der Waals surface area (Å²) < 4.78 is 63.7. The highest BCUT2D eigenvalue weighted by Crippen LogP contribution is 2.15. The second kappa shape index (κ2) is 13.3. The first-order valence-electron chi connectivity index (χ1n) is 11.8. The highest BCUT2D eigenvalue weighted by atomic mass is 32.2. The van der Waals surface area contributed by atoms with E-state index in [0.717, 1.165) is 30.0 Å². The first-order chi connectivity index (χ1) is 18.1. The Kier molecular flexibility index (Phi) is 10.2. The van der Waals surface area contributed by atoms with Crippen LogP contribution >= 0.6 is 0 Å². The fraction of sp³-hybridized carbons (Fsp3) is 0.360. The molecule has 0 saturated heterocycles. The summed E-state index contributed by atoms with van der Waals surface area (Å²) in [5.41, 5.74) is 0.865. The van der Waals surface area contributed by atoms with Gasteiger partial charge in [0.2, 0.25) is 10.0 Å². The average Bonchev–Trinajstić information content (AvgIpc) is 3.30. The maximum atomic E-state index is 13.8. The number of amides is 1. The van der Waals surface area contributed by atoms with E-state index in [0.29, 0.717) is 18.7 Å². The van der Waals surface area contributed by atoms with Crippen molar-refractivity contribution >= 4 is 21.9 Å². The number of halogens is 2. The maximum absolute atomic E-state index is 13.8. The van der Waals surface area contributed by atoms with Gasteiger partial charge in [-0.25, -0.2) is 21.9 Å². The van der Waals surface area contributed by atoms with Crippen LogP contribution in [0.2, 0.25) is 0 Å². The van der Waals surface area contributed by atoms with E-state index in [-0.39, 0.29) is 36.0 Å². The van der Waals surface area contributed by atoms with E-state index in [4.69, 9.17) is 9.15 Å². The number of ether oxygens (including phenoxy) is 1. The van der Waals surface area contributed by atoms with Crippen LogP contribution in [-0.4, -0.2) is 56.0 Å². The van der Waals surface area contributed by atoms with Gasteiger partial charge in [0, 0.05) is 19.2 Å². The summed E-state index contributed by atoms with van der Waals surface area (Å²) in [6.07, 6.45) is 0.0577. The number of rotatable bonds is 14. The number of anilines is 1. The number of nitrogens with one attached hydrogen (secondary N) is 3. The van der Waals surface area contributed by atoms with Gasteiger partial charge < -0.3 is 24.9 Å². The number of aromatic nitrogens is 1. The topological polar surface area (TPSA) is 143 Å². The zero-order valence-electron chi connectivity index (χ0n) is 20.9. The number of aliphatic hydroxyl groups is 1. The van der Waals surface area contributed by atoms with E-state index >= 15 is 0 Å². The Morgan fingerprint density at radius 2 is 1.89 bits per heavy atom. The number of carbonyl (C=O) groups excluding carboxylic acids is 1. The number of hydrogen-bond donors (Lipinski definition) is 4. The lowest BCUT2D eigenvalue weighted by Gasteiger charge is -2.24. The van der Waals surface area contributed by atoms with Crippen molar-refractivity contribution in [3.8, 4) is 5.75 Å². The molecule has 1 amide bonds. The summed E-state index contributed by atoms with van der Waals surface area (Å²) in [7, 11) is -2.13. The van der Waals surface area contributed by atoms with Crippen molar-refractivity contribution < 1.29 is 36.3 Å². The number of nitrogens with zero attached hydrogens (tertiary/aromatic N) is 1. The zero-order valence-corrected chi connectivity index (χ0v) is 21.7. The minimum Gasteiger partial charge on any atom is -0.497 e. The molecule has 0 bridgehead atoms. The third-order valence-electron chi connectivity index (χ3n) is 5.43. The fourth-order valence-corrected chi connectivity index (χ4v) is 4.67. The minimum absolute atomic E-state index is 0.0286. The highest BCUT2D eigenvalue weighted by molar-refractivity contribution is 7.92. The summed E-state index contributed by atoms with van der Waals surface area (Å²) in [5, 5.41) is 16.6. The normalized spacial score (nSPS) is 13.1. The molecule has 0 spiro atoms. The van der Waals surface area contributed by atoms with Gasteiger partial charge in [-0.15, -0.1) is 0 Å². The second-order valence-corrected chi connectivity index (χ2v) is 10.4. The van der Waals surface area contributed by atoms with Crippen LogP contribution in [0.5, 0.6) is 5.75 Å². The molecular weight excluding hydrogens is 522 g/mol. The summed E-state index contributed by atoms with van der Waals surface area (Å²) in [6.45, 7) is 2.10. The molecule has 0 unspecified atom stereocenters. The molecule has 0 aliphatic heterocycles. The molecule has 13 heteroatoms. The lowest BCUT2D eigenvalue weighted by Crippen LogP contribution is -2.48. The number of oxazole rings is 1. The Morgan fingerprint density at radius 3 is 2.58 bits per heavy atom. The number of aliphatic hydroxyl groups excluding tert-OH is 1. The summed E-state index contributed by atoms with van der Waals surface area (Å²) in [4.78, 5) is 16.7. The standard InChI is InChI=1S/C25H30F2N4O6S/c1-3-7-38(34,35)31-25-30-22(15-37-25)24(33)29-21(11-17-8-18(26)12-19(27)9-17)23(32)14-28-13-16-5-4-6-20(10-16)36-2/h4-6,8-10,12,15,21,23,28,32H,3,7,11,13-14H2,1-2H3,(H,29,33)(H,30,31)/t21-,23+/m0/s1. The van der Waals surface area contributed by atoms with Crippen LogP contribution in [0.15, 0.2) is 53.1 Å². The van der Waals surface area contributed by atoms with Gasteiger partial charge in [-0.1, -0.05) is 19.1 Å². The number of carbonyl (C=O) groups is 1. The SMILES string of the molecule is CCCS(=O)(=O)Nc1nc(C(=O)N[C@@H](Cc2cc(F)cc(F)c2)[C@H](O)CNCc2cccc(OC)c2)co1. The number of hydrogen-bond acceptors (Lipinski definition) is 8. The summed E-state index contributed by atoms with van der Waals surface area (Å²) in [5.74, 6) is -1.85. The molecule has 0 aliphatic rings. The van der Waals surface area contributed by atoms with Gasteiger partial charge in [-0.2, -0.15) is 4.98 Å². The van der Waals surface area contributed by atoms with Gasteiger partial charge in [0.1, 0.15) is 23.6 Å². The Bertz CT molecular complexity index is 1310. The van der Waals surface area contributed by atoms with E-state index in [2.05, 4.69) is 20.3 Å². The van der Waals surface area contributed by atoms with Crippen LogP contribution in [0.1, 0.15) is 35.0 Å². The van der Waals surface area contributed by atoms with Crippen LogP contribution in [0.3, 0.4) is 0 Å². The Labute approximate surface area is 219 Å². The van der Waals surface area contributed by atoms with E-state index < -0.39 is 39.7 Å². The van der Waals surface area contributed by atoms with Crippen molar-refractivity contribution in [2.75, 3.05) is 24.1 Å². The van der Waals surface area contributed by atoms with Crippen LogP contribution in [0, 0.1) is 11.6 Å². The zero-order chi connectivity index (χ0) is 27.7. The molecule has 1 heterocycles. The highest BCUT2D eigenvalue weighted by Gasteiger charge is 2.25. The predicted molar refractivity (Wildman–Crippen MR) is 136 cm³/mol. The van der Waals surface area contributed by atoms with Crippen molar-refractivity contribution in [3.05, 3.63) is 77.2 Å². The molecule has 0 radical (unpaired) electrons. The molecule has 0 fully saturated rings. The van der Waals surface area contributed by atoms with Crippen molar-refractivity contribution in [1.29, 1.82) is 0 Å². The van der Waals surface area contributed by atoms with E-state index in [1.54, 1.807) is 20.1 Å². The Morgan fingerprint density at radius 1 is 1.16 bits per heavy atom. The first kappa shape index (κ1) is 29.0. The molecule has 4 N–H and O–H groups in total. The fourth-order valence-electron chi connectivity index (χ4n) is 3.68. The molecule has 38 heavy (non-hydrogen) atoms. The lowest BCUT2D eigenvalue weighted by molar-refractivity contribution is 0.0825. The molecule has 0 aliphatic carbocycles. The van der Waals surface area contributed by atoms with Crippen LogP contribution in [0.4, 0.5) is 14.8 Å². The van der Waals surface area contributed by atoms with Gasteiger partial charge in [0.25, 0.3) is 5.91 Å². The van der Waals surface area contributed by atoms with Crippen LogP contribution < -0.4 is 20.1 Å². The third-order valence-corrected chi connectivity index (χ3v) is 6.86. The molecule has 3 aromatic rings. The molecule has 1 aromatic heterocycles. The molecular formula is C25H30F2N4O6S. The Balaban J connectivity index is 1.71. The average molecular weight is 553 g/mol. The summed E-state index contributed by atoms with van der Waals surface area (Å²) >= 11 is 0. The van der Waals surface area contributed by atoms with Gasteiger partial charge in [-0.3, -0.25) is 4.79 Å². The third kappa shape index (κ3) is 8.78. The summed E-state index contributed by atoms with van der Waals surface area (Å²) in [6, 6.07) is 8.88. The van der Waals surface area contributed by atoms with Crippen molar-refractivity contribution in [2.24, 2.45) is 0 Å². The minimum atomic E-state index is -3.69. The number of benzene rings is 2. The number of methoxy groups -OCH3 is 1. The molecule has 206 valence electrons. The van der Waals surface area contributed by atoms with Gasteiger partial charge in [0.15, 0.2) is 5.69 Å². The molecule has 0 saturated carbocycles. The van der Waals surface area contributed by atoms with Gasteiger partial charge in [-0.05, 0) is 48.2 Å². The van der Waals surface area contributed by atoms with Gasteiger partial charge in [0.05, 0.1) is 25.0 Å². The Hall–Kier alpha value is -3.55. The van der Waals surface area contributed by atoms with E-state index in [1.165, 1.54) is 0 Å². The maximum Gasteiger partial charge on any atom is 0.309 e. The van der Waals surface area contributed by atoms with Crippen molar-refractivity contribution in [2.45, 2.75) is 38.5 Å². The molecule has 2 atom stereocenters. The van der Waals surface area contributed by atoms with Crippen molar-refractivity contribution in [1.82, 2.24) is 15.6 Å². The second-order valence-electron chi connectivity index (χ2n) is 8.57. The van der Waals surface area contributed by atoms with E-state index in [1.807, 2.05) is 18.2 Å². The molecule has 2 aromatic carbocycles. The van der Waals surface area contributed by atoms with Crippen molar-refractivity contribution in [3.63, 3.8) is 0 Å².